The molecule has 1 aromatic heterocycles. The van der Waals surface area contributed by atoms with E-state index in [9.17, 15) is 9.59 Å². The van der Waals surface area contributed by atoms with E-state index in [0.717, 1.165) is 29.8 Å². The Morgan fingerprint density at radius 2 is 1.89 bits per heavy atom. The van der Waals surface area contributed by atoms with Crippen molar-refractivity contribution in [3.8, 4) is 5.75 Å². The van der Waals surface area contributed by atoms with Crippen molar-refractivity contribution in [1.82, 2.24) is 15.2 Å². The zero-order chi connectivity index (χ0) is 19.9. The number of aromatic nitrogens is 1. The van der Waals surface area contributed by atoms with E-state index in [4.69, 9.17) is 4.74 Å². The number of carbonyl (C=O) groups is 2. The Bertz CT molecular complexity index is 802. The van der Waals surface area contributed by atoms with Crippen LogP contribution in [-0.2, 0) is 16.0 Å². The topological polar surface area (TPSA) is 71.5 Å². The number of amides is 2. The van der Waals surface area contributed by atoms with Crippen molar-refractivity contribution in [3.05, 3.63) is 59.9 Å². The van der Waals surface area contributed by atoms with Crippen molar-refractivity contribution in [2.24, 2.45) is 5.92 Å². The lowest BCUT2D eigenvalue weighted by molar-refractivity contribution is -0.132. The minimum atomic E-state index is -0.120. The summed E-state index contributed by atoms with van der Waals surface area (Å²) in [5.41, 5.74) is 1.78. The van der Waals surface area contributed by atoms with Gasteiger partial charge in [-0.2, -0.15) is 0 Å². The van der Waals surface area contributed by atoms with Gasteiger partial charge in [-0.15, -0.1) is 0 Å². The van der Waals surface area contributed by atoms with Gasteiger partial charge in [0.1, 0.15) is 5.75 Å². The number of hydrogen-bond acceptors (Lipinski definition) is 4. The molecule has 2 aromatic rings. The SMILES string of the molecule is COc1ccccc1CC(=O)N1CCC([C@@H](NC(C)=O)c2ccccn2)CC1. The van der Waals surface area contributed by atoms with Crippen molar-refractivity contribution < 1.29 is 14.3 Å². The van der Waals surface area contributed by atoms with Gasteiger partial charge in [0.25, 0.3) is 0 Å². The number of para-hydroxylation sites is 1. The molecular formula is C22H27N3O3. The average molecular weight is 381 g/mol. The lowest BCUT2D eigenvalue weighted by Crippen LogP contribution is -2.43. The average Bonchev–Trinajstić information content (AvgIpc) is 2.73. The van der Waals surface area contributed by atoms with Gasteiger partial charge in [0.05, 0.1) is 25.3 Å². The molecule has 3 rings (SSSR count). The number of benzene rings is 1. The minimum absolute atomic E-state index is 0.0645. The van der Waals surface area contributed by atoms with Crippen LogP contribution in [0.1, 0.15) is 37.1 Å². The van der Waals surface area contributed by atoms with E-state index < -0.39 is 0 Å². The molecule has 0 saturated carbocycles. The maximum atomic E-state index is 12.7. The normalized spacial score (nSPS) is 15.7. The highest BCUT2D eigenvalue weighted by Gasteiger charge is 2.30. The van der Waals surface area contributed by atoms with E-state index >= 15 is 0 Å². The van der Waals surface area contributed by atoms with E-state index in [1.807, 2.05) is 47.4 Å². The zero-order valence-electron chi connectivity index (χ0n) is 16.4. The molecule has 0 spiro atoms. The molecule has 1 aliphatic rings. The van der Waals surface area contributed by atoms with Crippen LogP contribution in [0.5, 0.6) is 5.75 Å². The van der Waals surface area contributed by atoms with Crippen molar-refractivity contribution >= 4 is 11.8 Å². The largest absolute Gasteiger partial charge is 0.496 e. The number of nitrogens with zero attached hydrogens (tertiary/aromatic N) is 2. The fraction of sp³-hybridized carbons (Fsp3) is 0.409. The number of piperidine rings is 1. The second-order valence-electron chi connectivity index (χ2n) is 7.14. The molecule has 0 bridgehead atoms. The van der Waals surface area contributed by atoms with Crippen LogP contribution in [0.15, 0.2) is 48.7 Å². The first-order valence-corrected chi connectivity index (χ1v) is 9.66. The summed E-state index contributed by atoms with van der Waals surface area (Å²) in [6.45, 7) is 2.89. The molecule has 0 aliphatic carbocycles. The summed E-state index contributed by atoms with van der Waals surface area (Å²) in [4.78, 5) is 30.8. The summed E-state index contributed by atoms with van der Waals surface area (Å²) in [7, 11) is 1.62. The monoisotopic (exact) mass is 381 g/mol. The Hall–Kier alpha value is -2.89. The highest BCUT2D eigenvalue weighted by atomic mass is 16.5. The summed E-state index contributed by atoms with van der Waals surface area (Å²) < 4.78 is 5.35. The Kier molecular flexibility index (Phi) is 6.63. The minimum Gasteiger partial charge on any atom is -0.496 e. The van der Waals surface area contributed by atoms with Crippen LogP contribution in [0.4, 0.5) is 0 Å². The fourth-order valence-electron chi connectivity index (χ4n) is 3.82. The maximum Gasteiger partial charge on any atom is 0.227 e. The second kappa shape index (κ2) is 9.35. The lowest BCUT2D eigenvalue weighted by atomic mass is 9.87. The van der Waals surface area contributed by atoms with Gasteiger partial charge in [-0.25, -0.2) is 0 Å². The van der Waals surface area contributed by atoms with Crippen molar-refractivity contribution in [2.45, 2.75) is 32.2 Å². The summed E-state index contributed by atoms with van der Waals surface area (Å²) in [6.07, 6.45) is 3.75. The van der Waals surface area contributed by atoms with E-state index in [2.05, 4.69) is 10.3 Å². The highest BCUT2D eigenvalue weighted by molar-refractivity contribution is 5.79. The summed E-state index contributed by atoms with van der Waals surface area (Å²) in [6, 6.07) is 13.2. The number of methoxy groups -OCH3 is 1. The standard InChI is InChI=1S/C22H27N3O3/c1-16(26)24-22(19-8-5-6-12-23-19)17-10-13-25(14-11-17)21(27)15-18-7-3-4-9-20(18)28-2/h3-9,12,17,22H,10-11,13-15H2,1-2H3,(H,24,26)/t22-/m1/s1. The number of nitrogens with one attached hydrogen (secondary N) is 1. The van der Waals surface area contributed by atoms with Crippen molar-refractivity contribution in [1.29, 1.82) is 0 Å². The van der Waals surface area contributed by atoms with Crippen LogP contribution in [0.3, 0.4) is 0 Å². The molecule has 1 saturated heterocycles. The third kappa shape index (κ3) is 4.88. The van der Waals surface area contributed by atoms with Gasteiger partial charge in [-0.05, 0) is 37.0 Å². The van der Waals surface area contributed by atoms with Crippen LogP contribution >= 0.6 is 0 Å². The molecule has 6 heteroatoms. The van der Waals surface area contributed by atoms with Gasteiger partial charge in [0, 0.05) is 31.8 Å². The molecule has 1 aromatic carbocycles. The van der Waals surface area contributed by atoms with Crippen molar-refractivity contribution in [3.63, 3.8) is 0 Å². The lowest BCUT2D eigenvalue weighted by Gasteiger charge is -2.36. The van der Waals surface area contributed by atoms with E-state index in [0.29, 0.717) is 19.5 Å². The molecule has 2 heterocycles. The van der Waals surface area contributed by atoms with Gasteiger partial charge in [-0.1, -0.05) is 24.3 Å². The third-order valence-electron chi connectivity index (χ3n) is 5.26. The molecule has 1 atom stereocenters. The third-order valence-corrected chi connectivity index (χ3v) is 5.26. The van der Waals surface area contributed by atoms with Crippen LogP contribution < -0.4 is 10.1 Å². The summed E-state index contributed by atoms with van der Waals surface area (Å²) in [5.74, 6) is 1.04. The number of ether oxygens (including phenoxy) is 1. The Morgan fingerprint density at radius 3 is 2.54 bits per heavy atom. The van der Waals surface area contributed by atoms with Gasteiger partial charge in [0.15, 0.2) is 0 Å². The summed E-state index contributed by atoms with van der Waals surface area (Å²) >= 11 is 0. The zero-order valence-corrected chi connectivity index (χ0v) is 16.4. The number of rotatable bonds is 6. The second-order valence-corrected chi connectivity index (χ2v) is 7.14. The van der Waals surface area contributed by atoms with Crippen LogP contribution in [0.25, 0.3) is 0 Å². The summed E-state index contributed by atoms with van der Waals surface area (Å²) in [5, 5.41) is 3.04. The number of likely N-dealkylation sites (tertiary alicyclic amines) is 1. The quantitative estimate of drug-likeness (QED) is 0.835. The predicted molar refractivity (Wildman–Crippen MR) is 107 cm³/mol. The fourth-order valence-corrected chi connectivity index (χ4v) is 3.82. The van der Waals surface area contributed by atoms with Gasteiger partial charge in [0.2, 0.25) is 11.8 Å². The molecule has 1 fully saturated rings. The molecule has 28 heavy (non-hydrogen) atoms. The number of hydrogen-bond donors (Lipinski definition) is 1. The maximum absolute atomic E-state index is 12.7. The predicted octanol–water partition coefficient (Wildman–Crippen LogP) is 2.75. The first-order chi connectivity index (χ1) is 13.6. The Balaban J connectivity index is 1.62. The number of pyridine rings is 1. The van der Waals surface area contributed by atoms with Crippen LogP contribution in [0.2, 0.25) is 0 Å². The molecule has 1 aliphatic heterocycles. The molecule has 2 amide bonds. The van der Waals surface area contributed by atoms with E-state index in [-0.39, 0.29) is 23.8 Å². The molecule has 1 N–H and O–H groups in total. The van der Waals surface area contributed by atoms with Gasteiger partial charge in [-0.3, -0.25) is 14.6 Å². The van der Waals surface area contributed by atoms with E-state index in [1.165, 1.54) is 6.92 Å². The van der Waals surface area contributed by atoms with Crippen LogP contribution in [-0.4, -0.2) is 41.9 Å². The van der Waals surface area contributed by atoms with Crippen LogP contribution in [0, 0.1) is 5.92 Å². The van der Waals surface area contributed by atoms with Crippen molar-refractivity contribution in [2.75, 3.05) is 20.2 Å². The molecule has 6 nitrogen and oxygen atoms in total. The Morgan fingerprint density at radius 1 is 1.18 bits per heavy atom. The smallest absolute Gasteiger partial charge is 0.227 e. The Labute approximate surface area is 165 Å². The van der Waals surface area contributed by atoms with Gasteiger partial charge >= 0.3 is 0 Å². The molecule has 148 valence electrons. The molecule has 0 unspecified atom stereocenters. The first kappa shape index (κ1) is 19.9. The highest BCUT2D eigenvalue weighted by Crippen LogP contribution is 2.30. The molecular weight excluding hydrogens is 354 g/mol. The first-order valence-electron chi connectivity index (χ1n) is 9.66. The molecule has 0 radical (unpaired) electrons. The number of carbonyl (C=O) groups excluding carboxylic acids is 2. The van der Waals surface area contributed by atoms with Gasteiger partial charge < -0.3 is 15.0 Å². The van der Waals surface area contributed by atoms with E-state index in [1.54, 1.807) is 13.3 Å².